The highest BCUT2D eigenvalue weighted by molar-refractivity contribution is 9.10. The fourth-order valence-corrected chi connectivity index (χ4v) is 1.71. The van der Waals surface area contributed by atoms with Crippen molar-refractivity contribution in [2.24, 2.45) is 0 Å². The van der Waals surface area contributed by atoms with Gasteiger partial charge in [0.1, 0.15) is 11.6 Å². The van der Waals surface area contributed by atoms with Gasteiger partial charge in [0.15, 0.2) is 0 Å². The van der Waals surface area contributed by atoms with Gasteiger partial charge in [-0.2, -0.15) is 4.98 Å². The fourth-order valence-electron chi connectivity index (χ4n) is 1.35. The number of ether oxygens (including phenoxy) is 1. The van der Waals surface area contributed by atoms with E-state index in [1.165, 1.54) is 24.4 Å². The monoisotopic (exact) mass is 326 g/mol. The van der Waals surface area contributed by atoms with E-state index in [1.54, 1.807) is 6.92 Å². The van der Waals surface area contributed by atoms with Crippen molar-refractivity contribution in [1.29, 1.82) is 0 Å². The molecular weight excluding hydrogens is 319 g/mol. The Morgan fingerprint density at radius 2 is 2.21 bits per heavy atom. The first-order chi connectivity index (χ1) is 8.97. The summed E-state index contributed by atoms with van der Waals surface area (Å²) < 4.78 is 18.6. The maximum Gasteiger partial charge on any atom is 0.339 e. The maximum absolute atomic E-state index is 13.0. The zero-order valence-electron chi connectivity index (χ0n) is 9.72. The number of benzene rings is 1. The molecule has 2 rings (SSSR count). The molecule has 98 valence electrons. The molecule has 1 heterocycles. The number of rotatable bonds is 3. The molecule has 0 saturated carbocycles. The van der Waals surface area contributed by atoms with Crippen molar-refractivity contribution in [2.75, 3.05) is 0 Å². The van der Waals surface area contributed by atoms with E-state index in [-0.39, 0.29) is 16.0 Å². The Kier molecular flexibility index (Phi) is 3.75. The quantitative estimate of drug-likeness (QED) is 0.937. The summed E-state index contributed by atoms with van der Waals surface area (Å²) >= 11 is 3.03. The molecule has 1 aromatic carbocycles. The van der Waals surface area contributed by atoms with Crippen LogP contribution in [0.2, 0.25) is 0 Å². The molecule has 0 bridgehead atoms. The van der Waals surface area contributed by atoms with E-state index >= 15 is 0 Å². The number of halogens is 2. The summed E-state index contributed by atoms with van der Waals surface area (Å²) in [5.74, 6) is -1.17. The predicted molar refractivity (Wildman–Crippen MR) is 67.9 cm³/mol. The van der Waals surface area contributed by atoms with Crippen molar-refractivity contribution in [1.82, 2.24) is 9.97 Å². The third kappa shape index (κ3) is 3.05. The van der Waals surface area contributed by atoms with Crippen LogP contribution in [0.3, 0.4) is 0 Å². The number of aryl methyl sites for hydroxylation is 1. The normalized spacial score (nSPS) is 10.3. The van der Waals surface area contributed by atoms with Gasteiger partial charge in [-0.25, -0.2) is 14.2 Å². The van der Waals surface area contributed by atoms with Crippen LogP contribution >= 0.6 is 15.9 Å². The highest BCUT2D eigenvalue weighted by Gasteiger charge is 2.11. The van der Waals surface area contributed by atoms with Crippen LogP contribution in [-0.2, 0) is 0 Å². The van der Waals surface area contributed by atoms with Crippen LogP contribution in [0.15, 0.2) is 28.9 Å². The lowest BCUT2D eigenvalue weighted by Gasteiger charge is -2.06. The van der Waals surface area contributed by atoms with E-state index in [1.807, 2.05) is 0 Å². The Hall–Kier alpha value is -2.02. The second-order valence-corrected chi connectivity index (χ2v) is 4.49. The van der Waals surface area contributed by atoms with Crippen molar-refractivity contribution in [3.05, 3.63) is 45.9 Å². The summed E-state index contributed by atoms with van der Waals surface area (Å²) in [4.78, 5) is 18.5. The summed E-state index contributed by atoms with van der Waals surface area (Å²) in [6, 6.07) is 4.09. The summed E-state index contributed by atoms with van der Waals surface area (Å²) in [6.07, 6.45) is 1.17. The molecule has 1 N–H and O–H groups in total. The van der Waals surface area contributed by atoms with Gasteiger partial charge in [0.2, 0.25) is 0 Å². The Morgan fingerprint density at radius 3 is 2.79 bits per heavy atom. The van der Waals surface area contributed by atoms with Crippen LogP contribution < -0.4 is 4.74 Å². The van der Waals surface area contributed by atoms with Crippen LogP contribution in [0.25, 0.3) is 0 Å². The lowest BCUT2D eigenvalue weighted by atomic mass is 10.2. The lowest BCUT2D eigenvalue weighted by Crippen LogP contribution is -2.04. The van der Waals surface area contributed by atoms with Gasteiger partial charge in [0, 0.05) is 6.20 Å². The number of hydrogen-bond acceptors (Lipinski definition) is 4. The minimum absolute atomic E-state index is 0.000933. The van der Waals surface area contributed by atoms with Crippen LogP contribution in [0.4, 0.5) is 4.39 Å². The number of aromatic carboxylic acids is 1. The van der Waals surface area contributed by atoms with E-state index in [0.717, 1.165) is 0 Å². The zero-order valence-corrected chi connectivity index (χ0v) is 11.3. The van der Waals surface area contributed by atoms with Gasteiger partial charge >= 0.3 is 12.0 Å². The van der Waals surface area contributed by atoms with Crippen molar-refractivity contribution >= 4 is 21.9 Å². The third-order valence-electron chi connectivity index (χ3n) is 2.29. The molecule has 7 heteroatoms. The Bertz CT molecular complexity index is 649. The highest BCUT2D eigenvalue weighted by atomic mass is 79.9. The van der Waals surface area contributed by atoms with E-state index in [4.69, 9.17) is 9.84 Å². The zero-order chi connectivity index (χ0) is 14.0. The molecule has 0 amide bonds. The van der Waals surface area contributed by atoms with E-state index in [2.05, 4.69) is 25.9 Å². The van der Waals surface area contributed by atoms with Crippen LogP contribution in [0, 0.1) is 12.7 Å². The van der Waals surface area contributed by atoms with Gasteiger partial charge in [0.25, 0.3) is 0 Å². The summed E-state index contributed by atoms with van der Waals surface area (Å²) in [5.41, 5.74) is 0.298. The first kappa shape index (κ1) is 13.4. The first-order valence-corrected chi connectivity index (χ1v) is 5.96. The minimum Gasteiger partial charge on any atom is -0.478 e. The van der Waals surface area contributed by atoms with Crippen molar-refractivity contribution < 1.29 is 19.0 Å². The third-order valence-corrected chi connectivity index (χ3v) is 2.90. The molecule has 0 spiro atoms. The number of aromatic nitrogens is 2. The number of nitrogens with zero attached hydrogens (tertiary/aromatic N) is 2. The van der Waals surface area contributed by atoms with Crippen molar-refractivity contribution in [3.8, 4) is 11.8 Å². The van der Waals surface area contributed by atoms with Crippen LogP contribution in [0.1, 0.15) is 16.1 Å². The molecule has 0 radical (unpaired) electrons. The van der Waals surface area contributed by atoms with Gasteiger partial charge in [0.05, 0.1) is 15.7 Å². The topological polar surface area (TPSA) is 72.3 Å². The van der Waals surface area contributed by atoms with E-state index < -0.39 is 11.8 Å². The Labute approximate surface area is 116 Å². The SMILES string of the molecule is Cc1nc(Oc2ccc(F)c(Br)c2)ncc1C(=O)O. The largest absolute Gasteiger partial charge is 0.478 e. The summed E-state index contributed by atoms with van der Waals surface area (Å²) in [7, 11) is 0. The maximum atomic E-state index is 13.0. The number of carbonyl (C=O) groups is 1. The van der Waals surface area contributed by atoms with Gasteiger partial charge in [-0.1, -0.05) is 0 Å². The molecule has 0 unspecified atom stereocenters. The summed E-state index contributed by atoms with van der Waals surface area (Å²) in [5, 5.41) is 8.84. The molecule has 0 aliphatic heterocycles. The second-order valence-electron chi connectivity index (χ2n) is 3.63. The molecule has 5 nitrogen and oxygen atoms in total. The fraction of sp³-hybridized carbons (Fsp3) is 0.0833. The number of carboxylic acids is 1. The molecule has 0 fully saturated rings. The number of hydrogen-bond donors (Lipinski definition) is 1. The Morgan fingerprint density at radius 1 is 1.47 bits per heavy atom. The summed E-state index contributed by atoms with van der Waals surface area (Å²) in [6.45, 7) is 1.54. The number of carboxylic acid groups (broad SMARTS) is 1. The Balaban J connectivity index is 2.26. The van der Waals surface area contributed by atoms with Crippen LogP contribution in [0.5, 0.6) is 11.8 Å². The van der Waals surface area contributed by atoms with E-state index in [0.29, 0.717) is 11.4 Å². The molecule has 2 aromatic rings. The molecule has 0 aliphatic rings. The lowest BCUT2D eigenvalue weighted by molar-refractivity contribution is 0.0695. The highest BCUT2D eigenvalue weighted by Crippen LogP contribution is 2.24. The second kappa shape index (κ2) is 5.31. The van der Waals surface area contributed by atoms with Gasteiger partial charge < -0.3 is 9.84 Å². The predicted octanol–water partition coefficient (Wildman–Crippen LogP) is 3.18. The van der Waals surface area contributed by atoms with Gasteiger partial charge in [-0.05, 0) is 41.1 Å². The smallest absolute Gasteiger partial charge is 0.339 e. The average Bonchev–Trinajstić information content (AvgIpc) is 2.33. The van der Waals surface area contributed by atoms with Crippen LogP contribution in [-0.4, -0.2) is 21.0 Å². The molecule has 0 aliphatic carbocycles. The van der Waals surface area contributed by atoms with Crippen molar-refractivity contribution in [3.63, 3.8) is 0 Å². The first-order valence-electron chi connectivity index (χ1n) is 5.17. The average molecular weight is 327 g/mol. The van der Waals surface area contributed by atoms with Gasteiger partial charge in [-0.3, -0.25) is 0 Å². The molecule has 0 atom stereocenters. The molecule has 19 heavy (non-hydrogen) atoms. The molecular formula is C12H8BrFN2O3. The van der Waals surface area contributed by atoms with Crippen molar-refractivity contribution in [2.45, 2.75) is 6.92 Å². The molecule has 0 saturated heterocycles. The van der Waals surface area contributed by atoms with Gasteiger partial charge in [-0.15, -0.1) is 0 Å². The molecule has 1 aromatic heterocycles. The standard InChI is InChI=1S/C12H8BrFN2O3/c1-6-8(11(17)18)5-15-12(16-6)19-7-2-3-10(14)9(13)4-7/h2-5H,1H3,(H,17,18). The van der Waals surface area contributed by atoms with E-state index in [9.17, 15) is 9.18 Å². The minimum atomic E-state index is -1.10.